The van der Waals surface area contributed by atoms with Crippen LogP contribution in [0, 0.1) is 34.0 Å². The lowest BCUT2D eigenvalue weighted by Crippen LogP contribution is -2.61. The molecule has 1 heterocycles. The number of aliphatic hydroxyl groups is 2. The van der Waals surface area contributed by atoms with E-state index in [4.69, 9.17) is 9.47 Å². The van der Waals surface area contributed by atoms with Crippen molar-refractivity contribution in [2.75, 3.05) is 13.2 Å². The van der Waals surface area contributed by atoms with E-state index in [1.54, 1.807) is 0 Å². The zero-order valence-corrected chi connectivity index (χ0v) is 18.9. The van der Waals surface area contributed by atoms with Crippen LogP contribution in [0.2, 0.25) is 0 Å². The van der Waals surface area contributed by atoms with E-state index in [2.05, 4.69) is 12.1 Å². The molecule has 6 heteroatoms. The molecule has 4 saturated carbocycles. The Kier molecular flexibility index (Phi) is 4.86. The summed E-state index contributed by atoms with van der Waals surface area (Å²) < 4.78 is 12.0. The third kappa shape index (κ3) is 2.99. The van der Waals surface area contributed by atoms with Crippen LogP contribution in [0.15, 0.2) is 29.4 Å². The molecular weight excluding hydrogens is 406 g/mol. The Morgan fingerprint density at radius 3 is 2.47 bits per heavy atom. The molecule has 1 saturated heterocycles. The first-order chi connectivity index (χ1) is 15.4. The fourth-order valence-corrected chi connectivity index (χ4v) is 8.82. The number of ether oxygens (including phenoxy) is 2. The summed E-state index contributed by atoms with van der Waals surface area (Å²) in [5.74, 6) is 1.24. The monoisotopic (exact) mass is 441 g/mol. The summed E-state index contributed by atoms with van der Waals surface area (Å²) in [5, 5.41) is 26.1. The Bertz CT molecular complexity index is 883. The Labute approximate surface area is 189 Å². The Morgan fingerprint density at radius 2 is 1.75 bits per heavy atom. The van der Waals surface area contributed by atoms with Gasteiger partial charge in [0.2, 0.25) is 0 Å². The van der Waals surface area contributed by atoms with Gasteiger partial charge in [-0.25, -0.2) is 0 Å². The van der Waals surface area contributed by atoms with Crippen molar-refractivity contribution in [3.05, 3.63) is 34.7 Å². The minimum Gasteiger partial charge on any atom is -0.393 e. The highest BCUT2D eigenvalue weighted by atomic mass is 16.7. The van der Waals surface area contributed by atoms with Crippen LogP contribution in [-0.4, -0.2) is 40.9 Å². The molecule has 5 fully saturated rings. The molecule has 6 rings (SSSR count). The fraction of sp³-hybridized carbons (Fsp3) is 0.769. The second-order valence-corrected chi connectivity index (χ2v) is 11.5. The Morgan fingerprint density at radius 1 is 1.00 bits per heavy atom. The molecule has 5 unspecified atom stereocenters. The van der Waals surface area contributed by atoms with E-state index >= 15 is 0 Å². The summed E-state index contributed by atoms with van der Waals surface area (Å²) >= 11 is 0. The van der Waals surface area contributed by atoms with E-state index < -0.39 is 11.4 Å². The normalized spacial score (nSPS) is 47.0. The van der Waals surface area contributed by atoms with Gasteiger partial charge in [0.15, 0.2) is 5.79 Å². The average Bonchev–Trinajstić information content (AvgIpc) is 3.36. The van der Waals surface area contributed by atoms with E-state index in [0.29, 0.717) is 43.1 Å². The lowest BCUT2D eigenvalue weighted by atomic mass is 9.45. The van der Waals surface area contributed by atoms with Crippen LogP contribution >= 0.6 is 0 Å². The predicted molar refractivity (Wildman–Crippen MR) is 119 cm³/mol. The van der Waals surface area contributed by atoms with Gasteiger partial charge in [-0.3, -0.25) is 0 Å². The molecule has 0 radical (unpaired) electrons. The molecule has 32 heavy (non-hydrogen) atoms. The topological polar surface area (TPSA) is 88.4 Å². The number of hydrogen-bond donors (Lipinski definition) is 2. The van der Waals surface area contributed by atoms with Crippen molar-refractivity contribution < 1.29 is 19.7 Å². The highest BCUT2D eigenvalue weighted by Crippen LogP contribution is 2.67. The van der Waals surface area contributed by atoms with Crippen LogP contribution < -0.4 is 0 Å². The van der Waals surface area contributed by atoms with Gasteiger partial charge in [-0.15, -0.1) is 4.91 Å². The third-order valence-corrected chi connectivity index (χ3v) is 10.2. The van der Waals surface area contributed by atoms with Crippen molar-refractivity contribution in [3.8, 4) is 0 Å². The molecule has 1 aromatic carbocycles. The summed E-state index contributed by atoms with van der Waals surface area (Å²) in [6.45, 7) is 3.52. The van der Waals surface area contributed by atoms with Gasteiger partial charge in [0.05, 0.1) is 24.9 Å². The summed E-state index contributed by atoms with van der Waals surface area (Å²) in [7, 11) is 0. The number of hydrogen-bond acceptors (Lipinski definition) is 6. The van der Waals surface area contributed by atoms with Crippen molar-refractivity contribution in [1.82, 2.24) is 0 Å². The quantitative estimate of drug-likeness (QED) is 0.652. The first kappa shape index (κ1) is 21.2. The van der Waals surface area contributed by atoms with Gasteiger partial charge >= 0.3 is 0 Å². The minimum atomic E-state index is -0.767. The molecule has 174 valence electrons. The van der Waals surface area contributed by atoms with Gasteiger partial charge in [0.1, 0.15) is 5.69 Å². The van der Waals surface area contributed by atoms with Gasteiger partial charge in [-0.05, 0) is 96.4 Å². The van der Waals surface area contributed by atoms with Crippen LogP contribution in [0.1, 0.15) is 69.8 Å². The third-order valence-electron chi connectivity index (χ3n) is 10.2. The molecule has 1 aliphatic heterocycles. The number of fused-ring (bicyclic) bond motifs is 5. The largest absolute Gasteiger partial charge is 0.393 e. The molecule has 0 aromatic heterocycles. The van der Waals surface area contributed by atoms with Gasteiger partial charge < -0.3 is 19.7 Å². The molecule has 8 atom stereocenters. The molecule has 1 spiro atoms. The lowest BCUT2D eigenvalue weighted by Gasteiger charge is -2.62. The Hall–Kier alpha value is -1.34. The number of aliphatic hydroxyl groups excluding tert-OH is 1. The van der Waals surface area contributed by atoms with Crippen molar-refractivity contribution in [3.63, 3.8) is 0 Å². The smallest absolute Gasteiger partial charge is 0.171 e. The van der Waals surface area contributed by atoms with E-state index in [-0.39, 0.29) is 23.4 Å². The summed E-state index contributed by atoms with van der Waals surface area (Å²) in [6, 6.07) is 7.71. The lowest BCUT2D eigenvalue weighted by molar-refractivity contribution is -0.258. The number of benzene rings is 1. The number of nitroso groups, excluding NO2 is 1. The molecule has 5 aliphatic rings. The zero-order valence-electron chi connectivity index (χ0n) is 18.9. The summed E-state index contributed by atoms with van der Waals surface area (Å²) in [5.41, 5.74) is 0.804. The average molecular weight is 442 g/mol. The molecule has 1 aromatic rings. The van der Waals surface area contributed by atoms with Crippen molar-refractivity contribution in [2.24, 2.45) is 34.3 Å². The first-order valence-corrected chi connectivity index (χ1v) is 12.5. The van der Waals surface area contributed by atoms with Crippen molar-refractivity contribution in [1.29, 1.82) is 0 Å². The fourth-order valence-electron chi connectivity index (χ4n) is 8.82. The van der Waals surface area contributed by atoms with Gasteiger partial charge in [-0.1, -0.05) is 19.1 Å². The van der Waals surface area contributed by atoms with Crippen LogP contribution in [0.3, 0.4) is 0 Å². The molecule has 6 nitrogen and oxygen atoms in total. The second kappa shape index (κ2) is 7.33. The van der Waals surface area contributed by atoms with Crippen molar-refractivity contribution >= 4 is 5.69 Å². The Balaban J connectivity index is 1.39. The van der Waals surface area contributed by atoms with E-state index in [9.17, 15) is 15.1 Å². The van der Waals surface area contributed by atoms with Crippen LogP contribution in [0.5, 0.6) is 0 Å². The summed E-state index contributed by atoms with van der Waals surface area (Å²) in [4.78, 5) is 11.0. The standard InChI is InChI=1S/C26H35NO5/c1-24-14-19(16-2-4-17(27-30)5-3-16)23-18(20(24)6-7-22(24)28)8-10-25(29)15-26(11-9-21(23)25)31-12-13-32-26/h2-5,18-23,28-29H,6-15H2,1H3/t18?,19?,20?,21?,22-,23?,24-,25+/m0/s1. The molecule has 0 amide bonds. The molecule has 4 aliphatic carbocycles. The molecule has 2 N–H and O–H groups in total. The first-order valence-electron chi connectivity index (χ1n) is 12.5. The van der Waals surface area contributed by atoms with Gasteiger partial charge in [0, 0.05) is 12.8 Å². The zero-order chi connectivity index (χ0) is 22.1. The van der Waals surface area contributed by atoms with Crippen LogP contribution in [-0.2, 0) is 9.47 Å². The number of rotatable bonds is 2. The SMILES string of the molecule is C[C@]12CC(c3ccc(N=O)cc3)C3C(CC[C@@]4(O)CC5(CCC34)OCCO5)C1CC[C@@H]2O. The number of nitrogens with zero attached hydrogens (tertiary/aromatic N) is 1. The highest BCUT2D eigenvalue weighted by Gasteiger charge is 2.64. The maximum Gasteiger partial charge on any atom is 0.171 e. The second-order valence-electron chi connectivity index (χ2n) is 11.5. The molecular formula is C26H35NO5. The van der Waals surface area contributed by atoms with Crippen molar-refractivity contribution in [2.45, 2.75) is 81.7 Å². The predicted octanol–water partition coefficient (Wildman–Crippen LogP) is 4.65. The highest BCUT2D eigenvalue weighted by molar-refractivity contribution is 5.40. The van der Waals surface area contributed by atoms with Gasteiger partial charge in [0.25, 0.3) is 0 Å². The summed E-state index contributed by atoms with van der Waals surface area (Å²) in [6.07, 6.45) is 6.73. The van der Waals surface area contributed by atoms with Crippen LogP contribution in [0.4, 0.5) is 5.69 Å². The maximum absolute atomic E-state index is 12.0. The molecule has 0 bridgehead atoms. The minimum absolute atomic E-state index is 0.0869. The van der Waals surface area contributed by atoms with E-state index in [1.807, 2.05) is 24.3 Å². The van der Waals surface area contributed by atoms with Gasteiger partial charge in [-0.2, -0.15) is 0 Å². The van der Waals surface area contributed by atoms with Crippen LogP contribution in [0.25, 0.3) is 0 Å². The van der Waals surface area contributed by atoms with E-state index in [0.717, 1.165) is 44.9 Å². The maximum atomic E-state index is 12.0. The van der Waals surface area contributed by atoms with E-state index in [1.165, 1.54) is 5.56 Å².